The number of benzene rings is 2. The molecule has 0 aliphatic rings. The first-order valence-corrected chi connectivity index (χ1v) is 7.82. The molecule has 23 heavy (non-hydrogen) atoms. The number of aliphatic hydroxyl groups excluding tert-OH is 1. The van der Waals surface area contributed by atoms with E-state index in [1.54, 1.807) is 0 Å². The van der Waals surface area contributed by atoms with Gasteiger partial charge in [0.2, 0.25) is 0 Å². The lowest BCUT2D eigenvalue weighted by atomic mass is 9.91. The Kier molecular flexibility index (Phi) is 8.10. The van der Waals surface area contributed by atoms with Crippen LogP contribution >= 0.6 is 12.4 Å². The molecule has 3 N–H and O–H groups in total. The fourth-order valence-corrected chi connectivity index (χ4v) is 2.40. The second-order valence-corrected chi connectivity index (χ2v) is 5.71. The zero-order valence-corrected chi connectivity index (χ0v) is 14.5. The van der Waals surface area contributed by atoms with Crippen molar-refractivity contribution in [3.05, 3.63) is 65.7 Å². The average molecular weight is 336 g/mol. The SMILES string of the molecule is CCC(C)[C@H](O)[C@H](N)c1ccccc1OCc1ccccc1.Cl. The number of rotatable bonds is 7. The lowest BCUT2D eigenvalue weighted by molar-refractivity contribution is 0.0866. The minimum Gasteiger partial charge on any atom is -0.489 e. The monoisotopic (exact) mass is 335 g/mol. The van der Waals surface area contributed by atoms with Gasteiger partial charge in [0.25, 0.3) is 0 Å². The van der Waals surface area contributed by atoms with Crippen LogP contribution in [0.3, 0.4) is 0 Å². The molecule has 2 aromatic rings. The summed E-state index contributed by atoms with van der Waals surface area (Å²) in [5.41, 5.74) is 8.21. The molecule has 0 amide bonds. The van der Waals surface area contributed by atoms with Gasteiger partial charge in [-0.05, 0) is 17.5 Å². The molecule has 0 heterocycles. The summed E-state index contributed by atoms with van der Waals surface area (Å²) in [5, 5.41) is 10.4. The van der Waals surface area contributed by atoms with Gasteiger partial charge in [-0.2, -0.15) is 0 Å². The topological polar surface area (TPSA) is 55.5 Å². The van der Waals surface area contributed by atoms with Crippen LogP contribution in [0.25, 0.3) is 0 Å². The first kappa shape index (κ1) is 19.5. The highest BCUT2D eigenvalue weighted by atomic mass is 35.5. The van der Waals surface area contributed by atoms with Gasteiger partial charge in [-0.1, -0.05) is 68.8 Å². The number of halogens is 1. The van der Waals surface area contributed by atoms with E-state index in [1.807, 2.05) is 61.5 Å². The zero-order chi connectivity index (χ0) is 15.9. The number of hydrogen-bond acceptors (Lipinski definition) is 3. The molecular weight excluding hydrogens is 310 g/mol. The van der Waals surface area contributed by atoms with Crippen LogP contribution in [0.4, 0.5) is 0 Å². The van der Waals surface area contributed by atoms with Crippen LogP contribution in [-0.4, -0.2) is 11.2 Å². The molecule has 126 valence electrons. The van der Waals surface area contributed by atoms with Crippen molar-refractivity contribution < 1.29 is 9.84 Å². The number of hydrogen-bond donors (Lipinski definition) is 2. The zero-order valence-electron chi connectivity index (χ0n) is 13.7. The van der Waals surface area contributed by atoms with Crippen LogP contribution < -0.4 is 10.5 Å². The Balaban J connectivity index is 0.00000264. The minimum atomic E-state index is -0.577. The van der Waals surface area contributed by atoms with Crippen molar-refractivity contribution in [3.8, 4) is 5.75 Å². The second-order valence-electron chi connectivity index (χ2n) is 5.71. The van der Waals surface area contributed by atoms with Crippen LogP contribution in [0, 0.1) is 5.92 Å². The molecule has 2 rings (SSSR count). The van der Waals surface area contributed by atoms with Crippen molar-refractivity contribution in [2.75, 3.05) is 0 Å². The highest BCUT2D eigenvalue weighted by Crippen LogP contribution is 2.29. The Morgan fingerprint density at radius 1 is 1.04 bits per heavy atom. The third kappa shape index (κ3) is 5.24. The van der Waals surface area contributed by atoms with Gasteiger partial charge in [-0.3, -0.25) is 0 Å². The number of ether oxygens (including phenoxy) is 1. The van der Waals surface area contributed by atoms with E-state index in [2.05, 4.69) is 6.92 Å². The lowest BCUT2D eigenvalue weighted by Crippen LogP contribution is -2.31. The van der Waals surface area contributed by atoms with Gasteiger partial charge in [0.15, 0.2) is 0 Å². The third-order valence-corrected chi connectivity index (χ3v) is 4.11. The summed E-state index contributed by atoms with van der Waals surface area (Å²) >= 11 is 0. The van der Waals surface area contributed by atoms with E-state index in [9.17, 15) is 5.11 Å². The lowest BCUT2D eigenvalue weighted by Gasteiger charge is -2.25. The summed E-state index contributed by atoms with van der Waals surface area (Å²) in [6, 6.07) is 17.2. The maximum Gasteiger partial charge on any atom is 0.124 e. The molecule has 3 atom stereocenters. The van der Waals surface area contributed by atoms with Crippen molar-refractivity contribution in [1.29, 1.82) is 0 Å². The van der Waals surface area contributed by atoms with E-state index in [4.69, 9.17) is 10.5 Å². The molecule has 3 nitrogen and oxygen atoms in total. The van der Waals surface area contributed by atoms with Crippen LogP contribution in [-0.2, 0) is 6.61 Å². The molecule has 0 aromatic heterocycles. The third-order valence-electron chi connectivity index (χ3n) is 4.11. The first-order chi connectivity index (χ1) is 10.6. The molecule has 0 fully saturated rings. The standard InChI is InChI=1S/C19H25NO2.ClH/c1-3-14(2)19(21)18(20)16-11-7-8-12-17(16)22-13-15-9-5-4-6-10-15;/h4-12,14,18-19,21H,3,13,20H2,1-2H3;1H/t14?,18-,19+;/m1./s1. The van der Waals surface area contributed by atoms with Gasteiger partial charge in [-0.15, -0.1) is 12.4 Å². The van der Waals surface area contributed by atoms with E-state index >= 15 is 0 Å². The molecular formula is C19H26ClNO2. The molecule has 0 aliphatic carbocycles. The quantitative estimate of drug-likeness (QED) is 0.801. The largest absolute Gasteiger partial charge is 0.489 e. The minimum absolute atomic E-state index is 0. The fraction of sp³-hybridized carbons (Fsp3) is 0.368. The predicted molar refractivity (Wildman–Crippen MR) is 96.9 cm³/mol. The van der Waals surface area contributed by atoms with E-state index < -0.39 is 12.1 Å². The van der Waals surface area contributed by atoms with Crippen molar-refractivity contribution in [3.63, 3.8) is 0 Å². The van der Waals surface area contributed by atoms with Crippen LogP contribution in [0.5, 0.6) is 5.75 Å². The van der Waals surface area contributed by atoms with Crippen molar-refractivity contribution in [2.24, 2.45) is 11.7 Å². The number of para-hydroxylation sites is 1. The van der Waals surface area contributed by atoms with Gasteiger partial charge in [0.1, 0.15) is 12.4 Å². The highest BCUT2D eigenvalue weighted by Gasteiger charge is 2.24. The van der Waals surface area contributed by atoms with Gasteiger partial charge in [0, 0.05) is 5.56 Å². The summed E-state index contributed by atoms with van der Waals surface area (Å²) in [6.45, 7) is 4.56. The van der Waals surface area contributed by atoms with Crippen LogP contribution in [0.1, 0.15) is 37.4 Å². The summed E-state index contributed by atoms with van der Waals surface area (Å²) in [4.78, 5) is 0. The second kappa shape index (κ2) is 9.56. The summed E-state index contributed by atoms with van der Waals surface area (Å²) in [5.74, 6) is 0.887. The Morgan fingerprint density at radius 3 is 2.30 bits per heavy atom. The molecule has 0 bridgehead atoms. The van der Waals surface area contributed by atoms with Gasteiger partial charge >= 0.3 is 0 Å². The average Bonchev–Trinajstić information content (AvgIpc) is 2.59. The van der Waals surface area contributed by atoms with E-state index in [0.717, 1.165) is 23.3 Å². The Hall–Kier alpha value is -1.55. The van der Waals surface area contributed by atoms with Crippen LogP contribution in [0.2, 0.25) is 0 Å². The van der Waals surface area contributed by atoms with Gasteiger partial charge < -0.3 is 15.6 Å². The molecule has 0 aliphatic heterocycles. The molecule has 1 unspecified atom stereocenters. The van der Waals surface area contributed by atoms with E-state index in [-0.39, 0.29) is 18.3 Å². The van der Waals surface area contributed by atoms with E-state index in [0.29, 0.717) is 6.61 Å². The van der Waals surface area contributed by atoms with E-state index in [1.165, 1.54) is 0 Å². The summed E-state index contributed by atoms with van der Waals surface area (Å²) in [6.07, 6.45) is 0.313. The Morgan fingerprint density at radius 2 is 1.65 bits per heavy atom. The maximum atomic E-state index is 10.4. The van der Waals surface area contributed by atoms with Gasteiger partial charge in [-0.25, -0.2) is 0 Å². The molecule has 0 saturated heterocycles. The Labute approximate surface area is 144 Å². The molecule has 2 aromatic carbocycles. The molecule has 0 saturated carbocycles. The Bertz CT molecular complexity index is 577. The number of aliphatic hydroxyl groups is 1. The first-order valence-electron chi connectivity index (χ1n) is 7.82. The summed E-state index contributed by atoms with van der Waals surface area (Å²) in [7, 11) is 0. The number of nitrogens with two attached hydrogens (primary N) is 1. The normalized spacial score (nSPS) is 14.4. The maximum absolute atomic E-state index is 10.4. The van der Waals surface area contributed by atoms with Crippen LogP contribution in [0.15, 0.2) is 54.6 Å². The smallest absolute Gasteiger partial charge is 0.124 e. The summed E-state index contributed by atoms with van der Waals surface area (Å²) < 4.78 is 5.92. The predicted octanol–water partition coefficient (Wildman–Crippen LogP) is 4.09. The van der Waals surface area contributed by atoms with Crippen molar-refractivity contribution in [1.82, 2.24) is 0 Å². The fourth-order valence-electron chi connectivity index (χ4n) is 2.40. The highest BCUT2D eigenvalue weighted by molar-refractivity contribution is 5.85. The van der Waals surface area contributed by atoms with Crippen molar-refractivity contribution >= 4 is 12.4 Å². The molecule has 0 spiro atoms. The molecule has 4 heteroatoms. The van der Waals surface area contributed by atoms with Crippen molar-refractivity contribution in [2.45, 2.75) is 39.0 Å². The van der Waals surface area contributed by atoms with Gasteiger partial charge in [0.05, 0.1) is 12.1 Å². The molecule has 0 radical (unpaired) electrons.